The summed E-state index contributed by atoms with van der Waals surface area (Å²) in [5, 5.41) is 15.2. The zero-order chi connectivity index (χ0) is 22.5. The number of aryl methyl sites for hydroxylation is 1. The lowest BCUT2D eigenvalue weighted by Gasteiger charge is -2.25. The Balaban J connectivity index is 1.66. The van der Waals surface area contributed by atoms with Gasteiger partial charge in [-0.3, -0.25) is 4.90 Å². The van der Waals surface area contributed by atoms with E-state index in [0.717, 1.165) is 29.7 Å². The maximum absolute atomic E-state index is 13.4. The second-order valence-electron chi connectivity index (χ2n) is 8.15. The molecule has 0 bridgehead atoms. The van der Waals surface area contributed by atoms with Crippen LogP contribution < -0.4 is 4.74 Å². The number of aromatic nitrogens is 2. The maximum atomic E-state index is 13.4. The minimum Gasteiger partial charge on any atom is -0.439 e. The molecule has 0 aliphatic heterocycles. The largest absolute Gasteiger partial charge is 0.439 e. The van der Waals surface area contributed by atoms with E-state index in [1.54, 1.807) is 16.8 Å². The highest BCUT2D eigenvalue weighted by Crippen LogP contribution is 2.37. The smallest absolute Gasteiger partial charge is 0.222 e. The van der Waals surface area contributed by atoms with Crippen LogP contribution in [0.1, 0.15) is 25.3 Å². The van der Waals surface area contributed by atoms with Crippen molar-refractivity contribution < 1.29 is 19.0 Å². The quantitative estimate of drug-likeness (QED) is 0.481. The molecule has 170 valence electrons. The topological polar surface area (TPSA) is 59.8 Å². The fourth-order valence-electron chi connectivity index (χ4n) is 3.83. The van der Waals surface area contributed by atoms with Crippen molar-refractivity contribution >= 4 is 0 Å². The van der Waals surface area contributed by atoms with Gasteiger partial charge in [0.2, 0.25) is 5.88 Å². The fraction of sp³-hybridized carbons (Fsp3) is 0.400. The molecule has 1 unspecified atom stereocenters. The first-order valence-corrected chi connectivity index (χ1v) is 11.1. The van der Waals surface area contributed by atoms with Gasteiger partial charge in [0.05, 0.1) is 18.3 Å². The fourth-order valence-corrected chi connectivity index (χ4v) is 3.83. The highest BCUT2D eigenvalue weighted by molar-refractivity contribution is 5.65. The summed E-state index contributed by atoms with van der Waals surface area (Å²) in [6.07, 6.45) is 1.65. The van der Waals surface area contributed by atoms with E-state index >= 15 is 0 Å². The molecule has 1 aliphatic rings. The number of ether oxygens (including phenoxy) is 2. The van der Waals surface area contributed by atoms with Crippen molar-refractivity contribution in [3.05, 3.63) is 66.0 Å². The Hall–Kier alpha value is -2.74. The number of rotatable bonds is 11. The molecular weight excluding hydrogens is 409 g/mol. The molecule has 1 atom stereocenters. The summed E-state index contributed by atoms with van der Waals surface area (Å²) in [5.74, 6) is 0.848. The molecule has 0 spiro atoms. The first-order valence-electron chi connectivity index (χ1n) is 11.1. The van der Waals surface area contributed by atoms with E-state index in [9.17, 15) is 9.50 Å². The van der Waals surface area contributed by atoms with E-state index < -0.39 is 6.10 Å². The molecule has 0 radical (unpaired) electrons. The predicted octanol–water partition coefficient (Wildman–Crippen LogP) is 4.38. The van der Waals surface area contributed by atoms with E-state index in [1.807, 2.05) is 44.3 Å². The Morgan fingerprint density at radius 3 is 2.53 bits per heavy atom. The molecule has 1 fully saturated rings. The number of hydrogen-bond acceptors (Lipinski definition) is 5. The molecular formula is C25H30FN3O3. The van der Waals surface area contributed by atoms with E-state index in [-0.39, 0.29) is 5.82 Å². The van der Waals surface area contributed by atoms with Crippen LogP contribution in [0.3, 0.4) is 0 Å². The maximum Gasteiger partial charge on any atom is 0.222 e. The van der Waals surface area contributed by atoms with Crippen LogP contribution in [0, 0.1) is 5.82 Å². The number of halogens is 1. The number of nitrogens with zero attached hydrogens (tertiary/aromatic N) is 3. The summed E-state index contributed by atoms with van der Waals surface area (Å²) in [6, 6.07) is 16.4. The predicted molar refractivity (Wildman–Crippen MR) is 121 cm³/mol. The summed E-state index contributed by atoms with van der Waals surface area (Å²) < 4.78 is 26.7. The van der Waals surface area contributed by atoms with Gasteiger partial charge in [-0.15, -0.1) is 0 Å². The molecule has 0 saturated heterocycles. The lowest BCUT2D eigenvalue weighted by molar-refractivity contribution is 0.0178. The van der Waals surface area contributed by atoms with Crippen LogP contribution in [-0.2, 0) is 18.3 Å². The third-order valence-corrected chi connectivity index (χ3v) is 5.55. The van der Waals surface area contributed by atoms with Crippen molar-refractivity contribution in [2.75, 3.05) is 19.8 Å². The van der Waals surface area contributed by atoms with Gasteiger partial charge >= 0.3 is 0 Å². The first kappa shape index (κ1) is 22.5. The van der Waals surface area contributed by atoms with Crippen LogP contribution in [0.2, 0.25) is 0 Å². The van der Waals surface area contributed by atoms with Gasteiger partial charge in [0.15, 0.2) is 0 Å². The summed E-state index contributed by atoms with van der Waals surface area (Å²) in [5.41, 5.74) is 2.78. The van der Waals surface area contributed by atoms with Crippen LogP contribution in [-0.4, -0.2) is 51.7 Å². The van der Waals surface area contributed by atoms with Gasteiger partial charge < -0.3 is 14.6 Å². The van der Waals surface area contributed by atoms with Crippen molar-refractivity contribution in [2.45, 2.75) is 38.5 Å². The lowest BCUT2D eigenvalue weighted by atomic mass is 10.1. The Morgan fingerprint density at radius 1 is 1.16 bits per heavy atom. The van der Waals surface area contributed by atoms with Gasteiger partial charge in [-0.05, 0) is 44.0 Å². The Morgan fingerprint density at radius 2 is 1.88 bits per heavy atom. The summed E-state index contributed by atoms with van der Waals surface area (Å²) in [4.78, 5) is 2.28. The third kappa shape index (κ3) is 5.54. The number of benzene rings is 2. The third-order valence-electron chi connectivity index (χ3n) is 5.55. The van der Waals surface area contributed by atoms with Crippen molar-refractivity contribution in [2.24, 2.45) is 7.05 Å². The van der Waals surface area contributed by atoms with Crippen LogP contribution >= 0.6 is 0 Å². The molecule has 2 aromatic carbocycles. The van der Waals surface area contributed by atoms with Crippen LogP contribution in [0.4, 0.5) is 4.39 Å². The minimum absolute atomic E-state index is 0.309. The second-order valence-corrected chi connectivity index (χ2v) is 8.15. The van der Waals surface area contributed by atoms with Crippen molar-refractivity contribution in [3.8, 4) is 22.9 Å². The average molecular weight is 440 g/mol. The van der Waals surface area contributed by atoms with Gasteiger partial charge in [-0.1, -0.05) is 30.3 Å². The van der Waals surface area contributed by atoms with Crippen molar-refractivity contribution in [1.29, 1.82) is 0 Å². The van der Waals surface area contributed by atoms with Crippen LogP contribution in [0.5, 0.6) is 11.6 Å². The summed E-state index contributed by atoms with van der Waals surface area (Å²) >= 11 is 0. The van der Waals surface area contributed by atoms with Gasteiger partial charge in [0.25, 0.3) is 0 Å². The molecule has 32 heavy (non-hydrogen) atoms. The second kappa shape index (κ2) is 10.3. The normalized spacial score (nSPS) is 14.7. The molecule has 1 N–H and O–H groups in total. The molecule has 4 rings (SSSR count). The Bertz CT molecular complexity index is 1000. The highest BCUT2D eigenvalue weighted by Gasteiger charge is 2.33. The summed E-state index contributed by atoms with van der Waals surface area (Å²) in [6.45, 7) is 3.92. The molecule has 7 heteroatoms. The zero-order valence-corrected chi connectivity index (χ0v) is 18.6. The molecule has 6 nitrogen and oxygen atoms in total. The van der Waals surface area contributed by atoms with E-state index in [2.05, 4.69) is 4.90 Å². The van der Waals surface area contributed by atoms with Gasteiger partial charge in [0.1, 0.15) is 17.3 Å². The SMILES string of the molecule is CCOCC(O)CN(Cc1c(-c2ccccc2)nn(C)c1Oc1ccc(F)cc1)C1CC1. The molecule has 1 aromatic heterocycles. The lowest BCUT2D eigenvalue weighted by Crippen LogP contribution is -2.36. The minimum atomic E-state index is -0.561. The van der Waals surface area contributed by atoms with E-state index in [4.69, 9.17) is 14.6 Å². The van der Waals surface area contributed by atoms with Gasteiger partial charge in [0, 0.05) is 38.3 Å². The zero-order valence-electron chi connectivity index (χ0n) is 18.6. The average Bonchev–Trinajstić information content (AvgIpc) is 3.60. The Kier molecular flexibility index (Phi) is 7.19. The molecule has 1 saturated carbocycles. The monoisotopic (exact) mass is 439 g/mol. The first-order chi connectivity index (χ1) is 15.5. The number of aliphatic hydroxyl groups is 1. The molecule has 1 heterocycles. The van der Waals surface area contributed by atoms with E-state index in [1.165, 1.54) is 12.1 Å². The van der Waals surface area contributed by atoms with E-state index in [0.29, 0.717) is 44.0 Å². The van der Waals surface area contributed by atoms with Crippen LogP contribution in [0.15, 0.2) is 54.6 Å². The van der Waals surface area contributed by atoms with Crippen LogP contribution in [0.25, 0.3) is 11.3 Å². The number of aliphatic hydroxyl groups excluding tert-OH is 1. The van der Waals surface area contributed by atoms with Gasteiger partial charge in [-0.25, -0.2) is 9.07 Å². The molecule has 1 aliphatic carbocycles. The standard InChI is InChI=1S/C25H30FN3O3/c1-3-31-17-21(30)15-29(20-11-12-20)16-23-24(18-7-5-4-6-8-18)27-28(2)25(23)32-22-13-9-19(26)10-14-22/h4-10,13-14,20-21,30H,3,11-12,15-17H2,1-2H3. The summed E-state index contributed by atoms with van der Waals surface area (Å²) in [7, 11) is 1.85. The van der Waals surface area contributed by atoms with Crippen molar-refractivity contribution in [1.82, 2.24) is 14.7 Å². The Labute approximate surface area is 188 Å². The number of hydrogen-bond donors (Lipinski definition) is 1. The molecule has 0 amide bonds. The molecule has 3 aromatic rings. The van der Waals surface area contributed by atoms with Gasteiger partial charge in [-0.2, -0.15) is 5.10 Å². The van der Waals surface area contributed by atoms with Crippen molar-refractivity contribution in [3.63, 3.8) is 0 Å². The highest BCUT2D eigenvalue weighted by atomic mass is 19.1.